The molecule has 1 aliphatic carbocycles. The van der Waals surface area contributed by atoms with Crippen LogP contribution in [0.3, 0.4) is 0 Å². The Kier molecular flexibility index (Phi) is 1.71. The third kappa shape index (κ3) is 1.06. The van der Waals surface area contributed by atoms with Gasteiger partial charge in [-0.25, -0.2) is 0 Å². The van der Waals surface area contributed by atoms with Crippen LogP contribution in [0.25, 0.3) is 0 Å². The van der Waals surface area contributed by atoms with Crippen LogP contribution >= 0.6 is 0 Å². The second-order valence-corrected chi connectivity index (χ2v) is 4.08. The molecule has 1 aliphatic rings. The molecule has 0 aromatic heterocycles. The summed E-state index contributed by atoms with van der Waals surface area (Å²) in [5, 5.41) is 0. The van der Waals surface area contributed by atoms with Crippen LogP contribution in [0.1, 0.15) is 41.5 Å². The second kappa shape index (κ2) is 2.62. The summed E-state index contributed by atoms with van der Waals surface area (Å²) < 4.78 is 0. The Bertz CT molecular complexity index is 310. The Morgan fingerprint density at radius 1 is 1.17 bits per heavy atom. The van der Waals surface area contributed by atoms with Gasteiger partial charge < -0.3 is 0 Å². The summed E-state index contributed by atoms with van der Waals surface area (Å²) in [7, 11) is 0. The molecular weight excluding hydrogens is 144 g/mol. The number of fused-ring (bicyclic) bond motifs is 1. The minimum absolute atomic E-state index is 0.791. The van der Waals surface area contributed by atoms with Crippen molar-refractivity contribution in [2.75, 3.05) is 0 Å². The van der Waals surface area contributed by atoms with E-state index in [2.05, 4.69) is 32.9 Å². The molecule has 1 aromatic rings. The van der Waals surface area contributed by atoms with Crippen LogP contribution in [-0.2, 0) is 6.42 Å². The maximum absolute atomic E-state index is 2.38. The van der Waals surface area contributed by atoms with Gasteiger partial charge >= 0.3 is 0 Å². The standard InChI is InChI=1S/C12H16/c1-8-4-5-11-6-9(2)10(3)7-12(8)11/h6-8H,4-5H2,1-3H3. The van der Waals surface area contributed by atoms with E-state index in [1.54, 1.807) is 11.1 Å². The van der Waals surface area contributed by atoms with Gasteiger partial charge in [-0.1, -0.05) is 19.1 Å². The largest absolute Gasteiger partial charge is 0.0584 e. The zero-order valence-corrected chi connectivity index (χ0v) is 8.15. The Balaban J connectivity index is 2.56. The van der Waals surface area contributed by atoms with Crippen LogP contribution in [0.2, 0.25) is 0 Å². The van der Waals surface area contributed by atoms with E-state index in [0.29, 0.717) is 0 Å². The van der Waals surface area contributed by atoms with Gasteiger partial charge in [-0.05, 0) is 54.9 Å². The lowest BCUT2D eigenvalue weighted by atomic mass is 9.98. The van der Waals surface area contributed by atoms with Gasteiger partial charge in [0, 0.05) is 0 Å². The van der Waals surface area contributed by atoms with Crippen LogP contribution in [0.4, 0.5) is 0 Å². The predicted octanol–water partition coefficient (Wildman–Crippen LogP) is 3.35. The summed E-state index contributed by atoms with van der Waals surface area (Å²) in [5.41, 5.74) is 6.08. The average molecular weight is 160 g/mol. The van der Waals surface area contributed by atoms with Gasteiger partial charge in [-0.2, -0.15) is 0 Å². The summed E-state index contributed by atoms with van der Waals surface area (Å²) in [5.74, 6) is 0.791. The minimum Gasteiger partial charge on any atom is -0.0584 e. The van der Waals surface area contributed by atoms with E-state index < -0.39 is 0 Å². The fraction of sp³-hybridized carbons (Fsp3) is 0.500. The van der Waals surface area contributed by atoms with Gasteiger partial charge in [0.2, 0.25) is 0 Å². The SMILES string of the molecule is Cc1cc2c(cc1C)C(C)CC2. The normalized spacial score (nSPS) is 21.1. The summed E-state index contributed by atoms with van der Waals surface area (Å²) in [6.07, 6.45) is 2.63. The predicted molar refractivity (Wildman–Crippen MR) is 52.7 cm³/mol. The highest BCUT2D eigenvalue weighted by Crippen LogP contribution is 2.33. The molecule has 0 fully saturated rings. The number of aryl methyl sites for hydroxylation is 3. The number of benzene rings is 1. The van der Waals surface area contributed by atoms with Crippen LogP contribution in [0.15, 0.2) is 12.1 Å². The Morgan fingerprint density at radius 2 is 1.83 bits per heavy atom. The summed E-state index contributed by atoms with van der Waals surface area (Å²) in [6.45, 7) is 6.75. The molecule has 1 aromatic carbocycles. The molecule has 0 amide bonds. The molecule has 1 atom stereocenters. The molecule has 0 saturated heterocycles. The monoisotopic (exact) mass is 160 g/mol. The van der Waals surface area contributed by atoms with E-state index in [1.165, 1.54) is 24.0 Å². The molecule has 12 heavy (non-hydrogen) atoms. The lowest BCUT2D eigenvalue weighted by Gasteiger charge is -2.07. The van der Waals surface area contributed by atoms with Crippen LogP contribution in [-0.4, -0.2) is 0 Å². The maximum Gasteiger partial charge on any atom is -0.0184 e. The zero-order valence-electron chi connectivity index (χ0n) is 8.15. The van der Waals surface area contributed by atoms with Crippen LogP contribution in [0.5, 0.6) is 0 Å². The Morgan fingerprint density at radius 3 is 2.58 bits per heavy atom. The van der Waals surface area contributed by atoms with Crippen molar-refractivity contribution in [2.45, 2.75) is 39.5 Å². The lowest BCUT2D eigenvalue weighted by Crippen LogP contribution is -1.90. The van der Waals surface area contributed by atoms with E-state index in [0.717, 1.165) is 5.92 Å². The first-order chi connectivity index (χ1) is 5.68. The van der Waals surface area contributed by atoms with Crippen LogP contribution in [0, 0.1) is 13.8 Å². The van der Waals surface area contributed by atoms with Crippen molar-refractivity contribution in [1.82, 2.24) is 0 Å². The van der Waals surface area contributed by atoms with Crippen molar-refractivity contribution in [3.8, 4) is 0 Å². The Labute approximate surface area is 74.6 Å². The molecule has 0 N–H and O–H groups in total. The van der Waals surface area contributed by atoms with Gasteiger partial charge in [0.1, 0.15) is 0 Å². The summed E-state index contributed by atoms with van der Waals surface area (Å²) >= 11 is 0. The molecular formula is C12H16. The molecule has 0 heteroatoms. The van der Waals surface area contributed by atoms with E-state index >= 15 is 0 Å². The van der Waals surface area contributed by atoms with E-state index in [1.807, 2.05) is 0 Å². The highest BCUT2D eigenvalue weighted by atomic mass is 14.2. The molecule has 0 aliphatic heterocycles. The van der Waals surface area contributed by atoms with Gasteiger partial charge in [-0.3, -0.25) is 0 Å². The molecule has 0 bridgehead atoms. The maximum atomic E-state index is 2.38. The summed E-state index contributed by atoms with van der Waals surface area (Å²) in [4.78, 5) is 0. The van der Waals surface area contributed by atoms with E-state index in [9.17, 15) is 0 Å². The minimum atomic E-state index is 0.791. The van der Waals surface area contributed by atoms with Gasteiger partial charge in [-0.15, -0.1) is 0 Å². The third-order valence-electron chi connectivity index (χ3n) is 3.13. The smallest absolute Gasteiger partial charge is 0.0184 e. The van der Waals surface area contributed by atoms with Crippen LogP contribution < -0.4 is 0 Å². The van der Waals surface area contributed by atoms with Crippen molar-refractivity contribution in [3.05, 3.63) is 34.4 Å². The fourth-order valence-corrected chi connectivity index (χ4v) is 2.10. The molecule has 1 unspecified atom stereocenters. The molecule has 0 radical (unpaired) electrons. The lowest BCUT2D eigenvalue weighted by molar-refractivity contribution is 0.747. The number of rotatable bonds is 0. The number of hydrogen-bond acceptors (Lipinski definition) is 0. The molecule has 0 heterocycles. The van der Waals surface area contributed by atoms with Gasteiger partial charge in [0.05, 0.1) is 0 Å². The third-order valence-corrected chi connectivity index (χ3v) is 3.13. The van der Waals surface area contributed by atoms with Crippen molar-refractivity contribution in [1.29, 1.82) is 0 Å². The van der Waals surface area contributed by atoms with Crippen molar-refractivity contribution in [3.63, 3.8) is 0 Å². The number of hydrogen-bond donors (Lipinski definition) is 0. The highest BCUT2D eigenvalue weighted by Gasteiger charge is 2.18. The van der Waals surface area contributed by atoms with E-state index in [-0.39, 0.29) is 0 Å². The topological polar surface area (TPSA) is 0 Å². The average Bonchev–Trinajstić information content (AvgIpc) is 2.35. The zero-order chi connectivity index (χ0) is 8.72. The van der Waals surface area contributed by atoms with E-state index in [4.69, 9.17) is 0 Å². The first-order valence-electron chi connectivity index (χ1n) is 4.78. The molecule has 0 nitrogen and oxygen atoms in total. The van der Waals surface area contributed by atoms with Gasteiger partial charge in [0.25, 0.3) is 0 Å². The Hall–Kier alpha value is -0.780. The molecule has 0 spiro atoms. The van der Waals surface area contributed by atoms with Crippen molar-refractivity contribution in [2.24, 2.45) is 0 Å². The summed E-state index contributed by atoms with van der Waals surface area (Å²) in [6, 6.07) is 4.75. The highest BCUT2D eigenvalue weighted by molar-refractivity contribution is 5.41. The quantitative estimate of drug-likeness (QED) is 0.546. The fourth-order valence-electron chi connectivity index (χ4n) is 2.10. The first-order valence-corrected chi connectivity index (χ1v) is 4.78. The second-order valence-electron chi connectivity index (χ2n) is 4.08. The van der Waals surface area contributed by atoms with Crippen molar-refractivity contribution >= 4 is 0 Å². The molecule has 64 valence electrons. The van der Waals surface area contributed by atoms with Gasteiger partial charge in [0.15, 0.2) is 0 Å². The van der Waals surface area contributed by atoms with Crippen molar-refractivity contribution < 1.29 is 0 Å². The molecule has 0 saturated carbocycles. The first kappa shape index (κ1) is 7.85. The molecule has 2 rings (SSSR count).